The van der Waals surface area contributed by atoms with E-state index in [0.717, 1.165) is 0 Å². The summed E-state index contributed by atoms with van der Waals surface area (Å²) < 4.78 is 13.2. The van der Waals surface area contributed by atoms with Gasteiger partial charge < -0.3 is 20.4 Å². The van der Waals surface area contributed by atoms with Crippen LogP contribution in [0.1, 0.15) is 26.3 Å². The molecule has 1 atom stereocenters. The summed E-state index contributed by atoms with van der Waals surface area (Å²) in [6, 6.07) is 3.57. The fourth-order valence-corrected chi connectivity index (χ4v) is 1.75. The number of halogens is 1. The van der Waals surface area contributed by atoms with Gasteiger partial charge in [-0.05, 0) is 38.5 Å². The molecular formula is C14H21FN2O3. The molecule has 0 aliphatic rings. The number of hydrogen-bond acceptors (Lipinski definition) is 3. The molecule has 0 saturated heterocycles. The monoisotopic (exact) mass is 284 g/mol. The Kier molecular flexibility index (Phi) is 5.76. The molecule has 5 nitrogen and oxygen atoms in total. The Morgan fingerprint density at radius 3 is 2.55 bits per heavy atom. The summed E-state index contributed by atoms with van der Waals surface area (Å²) >= 11 is 0. The molecule has 0 aliphatic carbocycles. The molecule has 1 aromatic rings. The van der Waals surface area contributed by atoms with Gasteiger partial charge in [-0.25, -0.2) is 9.18 Å². The first-order chi connectivity index (χ1) is 9.31. The summed E-state index contributed by atoms with van der Waals surface area (Å²) in [4.78, 5) is 13.5. The van der Waals surface area contributed by atoms with E-state index in [-0.39, 0.29) is 25.2 Å². The molecule has 1 unspecified atom stereocenters. The third kappa shape index (κ3) is 4.70. The summed E-state index contributed by atoms with van der Waals surface area (Å²) in [6.07, 6.45) is -0.616. The van der Waals surface area contributed by atoms with Crippen LogP contribution < -0.4 is 5.32 Å². The van der Waals surface area contributed by atoms with E-state index in [2.05, 4.69) is 5.32 Å². The van der Waals surface area contributed by atoms with Crippen molar-refractivity contribution in [2.45, 2.75) is 39.5 Å². The molecule has 0 bridgehead atoms. The lowest BCUT2D eigenvalue weighted by Crippen LogP contribution is -2.46. The SMILES string of the molecule is CC(O)CN(C(=O)NCc1ccc(O)c(F)c1)C(C)C. The van der Waals surface area contributed by atoms with Gasteiger partial charge in [-0.15, -0.1) is 0 Å². The zero-order chi connectivity index (χ0) is 15.3. The van der Waals surface area contributed by atoms with Crippen molar-refractivity contribution in [2.75, 3.05) is 6.54 Å². The first-order valence-corrected chi connectivity index (χ1v) is 6.51. The van der Waals surface area contributed by atoms with E-state index in [9.17, 15) is 14.3 Å². The molecule has 0 aliphatic heterocycles. The van der Waals surface area contributed by atoms with Crippen LogP contribution in [0, 0.1) is 5.82 Å². The molecule has 112 valence electrons. The third-order valence-electron chi connectivity index (χ3n) is 2.80. The second-order valence-electron chi connectivity index (χ2n) is 5.04. The molecule has 0 radical (unpaired) electrons. The number of phenols is 1. The van der Waals surface area contributed by atoms with E-state index in [1.807, 2.05) is 13.8 Å². The maximum atomic E-state index is 13.2. The maximum absolute atomic E-state index is 13.2. The average molecular weight is 284 g/mol. The van der Waals surface area contributed by atoms with Crippen LogP contribution in [0.5, 0.6) is 5.75 Å². The van der Waals surface area contributed by atoms with Gasteiger partial charge >= 0.3 is 6.03 Å². The van der Waals surface area contributed by atoms with Crippen LogP contribution in [0.3, 0.4) is 0 Å². The van der Waals surface area contributed by atoms with Crippen molar-refractivity contribution in [1.29, 1.82) is 0 Å². The second kappa shape index (κ2) is 7.09. The zero-order valence-corrected chi connectivity index (χ0v) is 11.9. The van der Waals surface area contributed by atoms with Crippen LogP contribution >= 0.6 is 0 Å². The molecule has 0 aromatic heterocycles. The highest BCUT2D eigenvalue weighted by molar-refractivity contribution is 5.74. The predicted molar refractivity (Wildman–Crippen MR) is 73.8 cm³/mol. The Morgan fingerprint density at radius 1 is 1.40 bits per heavy atom. The number of aromatic hydroxyl groups is 1. The molecule has 3 N–H and O–H groups in total. The van der Waals surface area contributed by atoms with Crippen LogP contribution in [0.2, 0.25) is 0 Å². The predicted octanol–water partition coefficient (Wildman–Crippen LogP) is 1.83. The first kappa shape index (κ1) is 16.2. The lowest BCUT2D eigenvalue weighted by Gasteiger charge is -2.28. The van der Waals surface area contributed by atoms with Crippen molar-refractivity contribution in [2.24, 2.45) is 0 Å². The van der Waals surface area contributed by atoms with Gasteiger partial charge in [-0.1, -0.05) is 6.07 Å². The normalized spacial score (nSPS) is 12.3. The fraction of sp³-hybridized carbons (Fsp3) is 0.500. The second-order valence-corrected chi connectivity index (χ2v) is 5.04. The molecule has 0 heterocycles. The maximum Gasteiger partial charge on any atom is 0.317 e. The number of urea groups is 1. The minimum atomic E-state index is -0.721. The van der Waals surface area contributed by atoms with Gasteiger partial charge in [0.2, 0.25) is 0 Å². The van der Waals surface area contributed by atoms with Crippen molar-refractivity contribution in [3.63, 3.8) is 0 Å². The van der Waals surface area contributed by atoms with Crippen LogP contribution in [0.4, 0.5) is 9.18 Å². The molecule has 2 amide bonds. The largest absolute Gasteiger partial charge is 0.505 e. The summed E-state index contributed by atoms with van der Waals surface area (Å²) in [6.45, 7) is 5.69. The van der Waals surface area contributed by atoms with Crippen molar-refractivity contribution in [1.82, 2.24) is 10.2 Å². The van der Waals surface area contributed by atoms with Crippen LogP contribution in [0.25, 0.3) is 0 Å². The van der Waals surface area contributed by atoms with Gasteiger partial charge in [0.05, 0.1) is 6.10 Å². The Hall–Kier alpha value is -1.82. The Labute approximate surface area is 118 Å². The van der Waals surface area contributed by atoms with Crippen LogP contribution in [0.15, 0.2) is 18.2 Å². The summed E-state index contributed by atoms with van der Waals surface area (Å²) in [7, 11) is 0. The molecular weight excluding hydrogens is 263 g/mol. The van der Waals surface area contributed by atoms with Crippen LogP contribution in [-0.4, -0.2) is 39.8 Å². The number of benzene rings is 1. The number of aliphatic hydroxyl groups excluding tert-OH is 1. The summed E-state index contributed by atoms with van der Waals surface area (Å²) in [5, 5.41) is 21.1. The zero-order valence-electron chi connectivity index (χ0n) is 11.9. The first-order valence-electron chi connectivity index (χ1n) is 6.51. The Balaban J connectivity index is 2.62. The van der Waals surface area contributed by atoms with E-state index >= 15 is 0 Å². The number of nitrogens with zero attached hydrogens (tertiary/aromatic N) is 1. The number of amides is 2. The van der Waals surface area contributed by atoms with Crippen molar-refractivity contribution in [3.8, 4) is 5.75 Å². The molecule has 6 heteroatoms. The molecule has 0 fully saturated rings. The lowest BCUT2D eigenvalue weighted by molar-refractivity contribution is 0.118. The van der Waals surface area contributed by atoms with Crippen molar-refractivity contribution in [3.05, 3.63) is 29.6 Å². The third-order valence-corrected chi connectivity index (χ3v) is 2.80. The summed E-state index contributed by atoms with van der Waals surface area (Å²) in [5.41, 5.74) is 0.550. The highest BCUT2D eigenvalue weighted by atomic mass is 19.1. The summed E-state index contributed by atoms with van der Waals surface area (Å²) in [5.74, 6) is -1.14. The number of rotatable bonds is 5. The molecule has 1 aromatic carbocycles. The highest BCUT2D eigenvalue weighted by Crippen LogP contribution is 2.16. The molecule has 0 saturated carbocycles. The minimum absolute atomic E-state index is 0.0545. The van der Waals surface area contributed by atoms with E-state index in [1.54, 1.807) is 6.92 Å². The number of nitrogens with one attached hydrogen (secondary N) is 1. The standard InChI is InChI=1S/C14H21FN2O3/c1-9(2)17(8-10(3)18)14(20)16-7-11-4-5-13(19)12(15)6-11/h4-6,9-10,18-19H,7-8H2,1-3H3,(H,16,20). The van der Waals surface area contributed by atoms with Crippen molar-refractivity contribution < 1.29 is 19.4 Å². The fourth-order valence-electron chi connectivity index (χ4n) is 1.75. The number of carbonyl (C=O) groups is 1. The van der Waals surface area contributed by atoms with Crippen molar-refractivity contribution >= 4 is 6.03 Å². The topological polar surface area (TPSA) is 72.8 Å². The molecule has 0 spiro atoms. The van der Waals surface area contributed by atoms with Gasteiger partial charge in [0.15, 0.2) is 11.6 Å². The number of phenolic OH excluding ortho intramolecular Hbond substituents is 1. The van der Waals surface area contributed by atoms with Gasteiger partial charge in [0.1, 0.15) is 0 Å². The number of hydrogen-bond donors (Lipinski definition) is 3. The quantitative estimate of drug-likeness (QED) is 0.772. The van der Waals surface area contributed by atoms with Gasteiger partial charge in [-0.3, -0.25) is 0 Å². The lowest BCUT2D eigenvalue weighted by atomic mass is 10.2. The average Bonchev–Trinajstić information content (AvgIpc) is 2.36. The molecule has 1 rings (SSSR count). The highest BCUT2D eigenvalue weighted by Gasteiger charge is 2.18. The van der Waals surface area contributed by atoms with Gasteiger partial charge in [0, 0.05) is 19.1 Å². The smallest absolute Gasteiger partial charge is 0.317 e. The molecule has 20 heavy (non-hydrogen) atoms. The van der Waals surface area contributed by atoms with E-state index in [1.165, 1.54) is 23.1 Å². The van der Waals surface area contributed by atoms with E-state index < -0.39 is 17.7 Å². The number of aliphatic hydroxyl groups is 1. The Morgan fingerprint density at radius 2 is 2.05 bits per heavy atom. The van der Waals surface area contributed by atoms with Gasteiger partial charge in [0.25, 0.3) is 0 Å². The number of carbonyl (C=O) groups excluding carboxylic acids is 1. The van der Waals surface area contributed by atoms with E-state index in [4.69, 9.17) is 5.11 Å². The van der Waals surface area contributed by atoms with E-state index in [0.29, 0.717) is 5.56 Å². The Bertz CT molecular complexity index is 464. The van der Waals surface area contributed by atoms with Crippen LogP contribution in [-0.2, 0) is 6.54 Å². The van der Waals surface area contributed by atoms with Gasteiger partial charge in [-0.2, -0.15) is 0 Å². The minimum Gasteiger partial charge on any atom is -0.505 e.